The van der Waals surface area contributed by atoms with E-state index >= 15 is 0 Å². The van der Waals surface area contributed by atoms with Crippen LogP contribution in [0, 0.1) is 0 Å². The number of hydrogen-bond donors (Lipinski definition) is 1. The molecule has 43 heavy (non-hydrogen) atoms. The number of alkyl halides is 3. The monoisotopic (exact) mass is 608 g/mol. The van der Waals surface area contributed by atoms with Crippen LogP contribution in [0.4, 0.5) is 18.9 Å². The van der Waals surface area contributed by atoms with Gasteiger partial charge in [0.1, 0.15) is 6.04 Å². The highest BCUT2D eigenvalue weighted by Crippen LogP contribution is 2.39. The third-order valence-corrected chi connectivity index (χ3v) is 9.09. The first kappa shape index (κ1) is 29.8. The summed E-state index contributed by atoms with van der Waals surface area (Å²) < 4.78 is 74.3. The number of esters is 1. The highest BCUT2D eigenvalue weighted by Gasteiger charge is 2.42. The number of fused-ring (bicyclic) bond motifs is 1. The van der Waals surface area contributed by atoms with Gasteiger partial charge in [0.05, 0.1) is 29.7 Å². The number of rotatable bonds is 8. The highest BCUT2D eigenvalue weighted by atomic mass is 32.2. The molecule has 5 rings (SSSR count). The van der Waals surface area contributed by atoms with Crippen LogP contribution in [0.25, 0.3) is 11.1 Å². The lowest BCUT2D eigenvalue weighted by molar-refractivity contribution is -0.140. The molecule has 7 nitrogen and oxygen atoms in total. The molecular formula is C32H27F3N2O5S. The number of methoxy groups -OCH3 is 1. The molecule has 222 valence electrons. The average Bonchev–Trinajstić information content (AvgIpc) is 3.41. The van der Waals surface area contributed by atoms with Gasteiger partial charge in [-0.25, -0.2) is 8.42 Å². The number of anilines is 1. The van der Waals surface area contributed by atoms with Gasteiger partial charge in [0, 0.05) is 13.0 Å². The standard InChI is InChI=1S/C32H27F3N2O5S/c1-42-30(38)18-21-10-12-22(13-11-21)20-36-31(39)29-19-24-6-2-5-9-28(24)37(29)43(40,41)25-16-14-23(15-17-25)26-7-3-4-8-27(26)32(33,34)35/h2-17,29H,18-20H2,1H3,(H,36,39)/t29-/m0/s1. The smallest absolute Gasteiger partial charge is 0.417 e. The van der Waals surface area contributed by atoms with Crippen LogP contribution in [-0.2, 0) is 49.9 Å². The van der Waals surface area contributed by atoms with Crippen molar-refractivity contribution in [2.45, 2.75) is 36.5 Å². The molecule has 0 radical (unpaired) electrons. The van der Waals surface area contributed by atoms with Gasteiger partial charge in [0.2, 0.25) is 5.91 Å². The van der Waals surface area contributed by atoms with Gasteiger partial charge in [-0.05, 0) is 52.1 Å². The second kappa shape index (κ2) is 11.9. The lowest BCUT2D eigenvalue weighted by Gasteiger charge is -2.26. The third kappa shape index (κ3) is 6.26. The van der Waals surface area contributed by atoms with E-state index < -0.39 is 33.7 Å². The van der Waals surface area contributed by atoms with Crippen LogP contribution < -0.4 is 9.62 Å². The largest absolute Gasteiger partial charge is 0.469 e. The molecule has 4 aromatic carbocycles. The lowest BCUT2D eigenvalue weighted by atomic mass is 9.99. The van der Waals surface area contributed by atoms with E-state index in [0.29, 0.717) is 11.3 Å². The predicted octanol–water partition coefficient (Wildman–Crippen LogP) is 5.52. The Hall–Kier alpha value is -4.64. The maximum absolute atomic E-state index is 13.9. The molecule has 0 spiro atoms. The van der Waals surface area contributed by atoms with Crippen molar-refractivity contribution in [1.82, 2.24) is 5.32 Å². The Labute approximate surface area is 247 Å². The van der Waals surface area contributed by atoms with Gasteiger partial charge in [-0.15, -0.1) is 0 Å². The van der Waals surface area contributed by atoms with Crippen molar-refractivity contribution in [3.63, 3.8) is 0 Å². The van der Waals surface area contributed by atoms with Crippen molar-refractivity contribution >= 4 is 27.6 Å². The summed E-state index contributed by atoms with van der Waals surface area (Å²) in [6.45, 7) is 0.130. The van der Waals surface area contributed by atoms with E-state index in [1.165, 1.54) is 49.6 Å². The average molecular weight is 609 g/mol. The molecule has 0 saturated heterocycles. The molecule has 0 aromatic heterocycles. The van der Waals surface area contributed by atoms with Crippen LogP contribution in [0.5, 0.6) is 0 Å². The summed E-state index contributed by atoms with van der Waals surface area (Å²) in [7, 11) is -2.97. The highest BCUT2D eigenvalue weighted by molar-refractivity contribution is 7.93. The number of carbonyl (C=O) groups excluding carboxylic acids is 2. The van der Waals surface area contributed by atoms with Crippen LogP contribution in [0.1, 0.15) is 22.3 Å². The fourth-order valence-corrected chi connectivity index (χ4v) is 6.73. The normalized spacial score (nSPS) is 14.7. The van der Waals surface area contributed by atoms with Crippen molar-refractivity contribution in [3.8, 4) is 11.1 Å². The first-order valence-electron chi connectivity index (χ1n) is 13.3. The predicted molar refractivity (Wildman–Crippen MR) is 154 cm³/mol. The minimum Gasteiger partial charge on any atom is -0.469 e. The summed E-state index contributed by atoms with van der Waals surface area (Å²) in [6.07, 6.45) is -4.31. The van der Waals surface area contributed by atoms with Gasteiger partial charge < -0.3 is 10.1 Å². The lowest BCUT2D eigenvalue weighted by Crippen LogP contribution is -2.47. The summed E-state index contributed by atoms with van der Waals surface area (Å²) in [5.74, 6) is -0.877. The van der Waals surface area contributed by atoms with E-state index in [4.69, 9.17) is 0 Å². The Morgan fingerprint density at radius 3 is 2.19 bits per heavy atom. The molecule has 1 aliphatic heterocycles. The molecule has 0 aliphatic carbocycles. The zero-order chi connectivity index (χ0) is 30.8. The number of carbonyl (C=O) groups is 2. The van der Waals surface area contributed by atoms with Gasteiger partial charge >= 0.3 is 12.1 Å². The summed E-state index contributed by atoms with van der Waals surface area (Å²) >= 11 is 0. The minimum absolute atomic E-state index is 0.0685. The Morgan fingerprint density at radius 1 is 0.884 bits per heavy atom. The van der Waals surface area contributed by atoms with Crippen molar-refractivity contribution in [2.75, 3.05) is 11.4 Å². The van der Waals surface area contributed by atoms with E-state index in [1.54, 1.807) is 48.5 Å². The molecule has 11 heteroatoms. The second-order valence-corrected chi connectivity index (χ2v) is 11.8. The van der Waals surface area contributed by atoms with Crippen molar-refractivity contribution in [3.05, 3.63) is 119 Å². The molecule has 1 heterocycles. The van der Waals surface area contributed by atoms with Gasteiger partial charge in [-0.2, -0.15) is 13.2 Å². The maximum atomic E-state index is 13.9. The molecule has 1 aliphatic rings. The molecular weight excluding hydrogens is 581 g/mol. The number of amides is 1. The number of nitrogens with zero attached hydrogens (tertiary/aromatic N) is 1. The summed E-state index contributed by atoms with van der Waals surface area (Å²) in [5.41, 5.74) is 1.85. The minimum atomic E-state index is -4.58. The summed E-state index contributed by atoms with van der Waals surface area (Å²) in [4.78, 5) is 24.7. The number of nitrogens with one attached hydrogen (secondary N) is 1. The topological polar surface area (TPSA) is 92.8 Å². The van der Waals surface area contributed by atoms with Gasteiger partial charge in [-0.3, -0.25) is 13.9 Å². The van der Waals surface area contributed by atoms with Gasteiger partial charge in [0.25, 0.3) is 10.0 Å². The van der Waals surface area contributed by atoms with Crippen molar-refractivity contribution in [2.24, 2.45) is 0 Å². The Kier molecular flexibility index (Phi) is 8.27. The molecule has 1 N–H and O–H groups in total. The maximum Gasteiger partial charge on any atom is 0.417 e. The molecule has 1 atom stereocenters. The number of halogens is 3. The first-order valence-corrected chi connectivity index (χ1v) is 14.7. The number of hydrogen-bond acceptors (Lipinski definition) is 5. The van der Waals surface area contributed by atoms with Crippen LogP contribution in [-0.4, -0.2) is 33.4 Å². The quantitative estimate of drug-likeness (QED) is 0.266. The van der Waals surface area contributed by atoms with Crippen molar-refractivity contribution in [1.29, 1.82) is 0 Å². The van der Waals surface area contributed by atoms with E-state index in [1.807, 2.05) is 0 Å². The number of ether oxygens (including phenoxy) is 1. The molecule has 1 amide bonds. The SMILES string of the molecule is COC(=O)Cc1ccc(CNC(=O)[C@@H]2Cc3ccccc3N2S(=O)(=O)c2ccc(-c3ccccc3C(F)(F)F)cc2)cc1. The van der Waals surface area contributed by atoms with Crippen molar-refractivity contribution < 1.29 is 35.9 Å². The second-order valence-electron chi connectivity index (χ2n) is 10.0. The Morgan fingerprint density at radius 2 is 1.51 bits per heavy atom. The summed E-state index contributed by atoms with van der Waals surface area (Å²) in [6, 6.07) is 23.0. The van der Waals surface area contributed by atoms with Crippen LogP contribution >= 0.6 is 0 Å². The van der Waals surface area contributed by atoms with Crippen LogP contribution in [0.15, 0.2) is 102 Å². The molecule has 4 aromatic rings. The van der Waals surface area contributed by atoms with Gasteiger partial charge in [0.15, 0.2) is 0 Å². The molecule has 0 bridgehead atoms. The third-order valence-electron chi connectivity index (χ3n) is 7.25. The molecule has 0 fully saturated rings. The van der Waals surface area contributed by atoms with Crippen LogP contribution in [0.2, 0.25) is 0 Å². The first-order chi connectivity index (χ1) is 20.5. The Bertz CT molecular complexity index is 1760. The Balaban J connectivity index is 1.38. The van der Waals surface area contributed by atoms with E-state index in [-0.39, 0.29) is 41.4 Å². The van der Waals surface area contributed by atoms with E-state index in [9.17, 15) is 31.2 Å². The fourth-order valence-electron chi connectivity index (χ4n) is 5.08. The summed E-state index contributed by atoms with van der Waals surface area (Å²) in [5, 5.41) is 2.81. The zero-order valence-electron chi connectivity index (χ0n) is 23.0. The number of benzene rings is 4. The molecule has 0 unspecified atom stereocenters. The zero-order valence-corrected chi connectivity index (χ0v) is 23.8. The fraction of sp³-hybridized carbons (Fsp3) is 0.188. The van der Waals surface area contributed by atoms with E-state index in [0.717, 1.165) is 21.5 Å². The number of para-hydroxylation sites is 1. The molecule has 0 saturated carbocycles. The van der Waals surface area contributed by atoms with E-state index in [2.05, 4.69) is 10.1 Å². The van der Waals surface area contributed by atoms with Crippen LogP contribution in [0.3, 0.4) is 0 Å². The van der Waals surface area contributed by atoms with Gasteiger partial charge in [-0.1, -0.05) is 72.8 Å². The number of sulfonamides is 1.